The molecule has 4 rings (SSSR count). The molecular weight excluding hydrogens is 500 g/mol. The predicted octanol–water partition coefficient (Wildman–Crippen LogP) is 5.84. The highest BCUT2D eigenvalue weighted by atomic mass is 35.5. The van der Waals surface area contributed by atoms with E-state index in [9.17, 15) is 9.59 Å². The molecule has 2 aromatic carbocycles. The summed E-state index contributed by atoms with van der Waals surface area (Å²) in [6.45, 7) is 4.29. The number of halogens is 1. The minimum atomic E-state index is -0.0922. The number of carbonyl (C=O) groups is 2. The van der Waals surface area contributed by atoms with Crippen molar-refractivity contribution in [2.75, 3.05) is 19.7 Å². The Hall–Kier alpha value is -2.19. The first kappa shape index (κ1) is 25.9. The molecule has 1 atom stereocenters. The molecule has 2 amide bonds. The molecule has 35 heavy (non-hydrogen) atoms. The summed E-state index contributed by atoms with van der Waals surface area (Å²) in [5.74, 6) is -0.0403. The Bertz CT molecular complexity index is 1100. The minimum absolute atomic E-state index is 0.0519. The average Bonchev–Trinajstić information content (AvgIpc) is 3.45. The lowest BCUT2D eigenvalue weighted by Crippen LogP contribution is -2.37. The van der Waals surface area contributed by atoms with Crippen LogP contribution in [0.5, 0.6) is 0 Å². The minimum Gasteiger partial charge on any atom is -0.376 e. The summed E-state index contributed by atoms with van der Waals surface area (Å²) in [5.41, 5.74) is 3.17. The first-order valence-electron chi connectivity index (χ1n) is 11.8. The summed E-state index contributed by atoms with van der Waals surface area (Å²) in [4.78, 5) is 30.2. The van der Waals surface area contributed by atoms with Crippen molar-refractivity contribution in [3.63, 3.8) is 0 Å². The molecule has 2 aliphatic rings. The molecule has 5 nitrogen and oxygen atoms in total. The van der Waals surface area contributed by atoms with Crippen molar-refractivity contribution in [3.05, 3.63) is 75.1 Å². The standard InChI is InChI=1S/C27H29ClN2O3S2/c1-19-6-8-20(9-7-19)16-24-26(32)30(27(34)35-24)14-2-5-25(31)29(18-23-4-3-15-33-23)17-21-10-12-22(28)13-11-21/h6-13,16,23H,2-5,14-15,17-18H2,1H3/b24-16-. The normalized spacial score (nSPS) is 19.1. The zero-order valence-corrected chi connectivity index (χ0v) is 22.1. The van der Waals surface area contributed by atoms with E-state index in [0.717, 1.165) is 30.6 Å². The third kappa shape index (κ3) is 7.17. The molecule has 2 fully saturated rings. The number of aryl methyl sites for hydroxylation is 1. The van der Waals surface area contributed by atoms with Crippen molar-refractivity contribution in [1.82, 2.24) is 9.80 Å². The Morgan fingerprint density at radius 3 is 2.66 bits per heavy atom. The van der Waals surface area contributed by atoms with Gasteiger partial charge in [-0.05, 0) is 55.5 Å². The second-order valence-electron chi connectivity index (χ2n) is 8.88. The monoisotopic (exact) mass is 528 g/mol. The molecule has 2 aromatic rings. The average molecular weight is 529 g/mol. The molecule has 0 saturated carbocycles. The molecule has 2 heterocycles. The Kier molecular flexibility index (Phi) is 9.00. The van der Waals surface area contributed by atoms with Gasteiger partial charge in [0.15, 0.2) is 0 Å². The van der Waals surface area contributed by atoms with E-state index in [1.54, 1.807) is 4.90 Å². The van der Waals surface area contributed by atoms with Crippen LogP contribution >= 0.6 is 35.6 Å². The van der Waals surface area contributed by atoms with Crippen LogP contribution in [0.25, 0.3) is 6.08 Å². The van der Waals surface area contributed by atoms with Crippen LogP contribution in [0.4, 0.5) is 0 Å². The van der Waals surface area contributed by atoms with Crippen molar-refractivity contribution in [1.29, 1.82) is 0 Å². The number of benzene rings is 2. The molecule has 1 unspecified atom stereocenters. The van der Waals surface area contributed by atoms with Crippen LogP contribution in [0, 0.1) is 6.92 Å². The summed E-state index contributed by atoms with van der Waals surface area (Å²) in [6, 6.07) is 15.6. The number of hydrogen-bond donors (Lipinski definition) is 0. The second kappa shape index (κ2) is 12.2. The van der Waals surface area contributed by atoms with Gasteiger partial charge in [0.05, 0.1) is 11.0 Å². The Morgan fingerprint density at radius 1 is 1.23 bits per heavy atom. The maximum absolute atomic E-state index is 13.2. The molecular formula is C27H29ClN2O3S2. The van der Waals surface area contributed by atoms with Crippen LogP contribution in [-0.2, 0) is 20.9 Å². The van der Waals surface area contributed by atoms with Crippen molar-refractivity contribution in [3.8, 4) is 0 Å². The summed E-state index contributed by atoms with van der Waals surface area (Å²) < 4.78 is 6.32. The summed E-state index contributed by atoms with van der Waals surface area (Å²) in [7, 11) is 0. The van der Waals surface area contributed by atoms with Gasteiger partial charge in [0, 0.05) is 37.7 Å². The van der Waals surface area contributed by atoms with Crippen molar-refractivity contribution < 1.29 is 14.3 Å². The van der Waals surface area contributed by atoms with Crippen LogP contribution in [0.2, 0.25) is 5.02 Å². The van der Waals surface area contributed by atoms with Gasteiger partial charge in [-0.25, -0.2) is 0 Å². The van der Waals surface area contributed by atoms with Crippen molar-refractivity contribution in [2.24, 2.45) is 0 Å². The largest absolute Gasteiger partial charge is 0.376 e. The van der Waals surface area contributed by atoms with E-state index in [1.807, 2.05) is 66.4 Å². The zero-order chi connectivity index (χ0) is 24.8. The van der Waals surface area contributed by atoms with Crippen LogP contribution in [0.3, 0.4) is 0 Å². The van der Waals surface area contributed by atoms with E-state index in [1.165, 1.54) is 17.3 Å². The number of nitrogens with zero attached hydrogens (tertiary/aromatic N) is 2. The molecule has 2 aliphatic heterocycles. The van der Waals surface area contributed by atoms with Gasteiger partial charge >= 0.3 is 0 Å². The highest BCUT2D eigenvalue weighted by Gasteiger charge is 2.32. The number of thiocarbonyl (C=S) groups is 1. The Balaban J connectivity index is 1.34. The number of carbonyl (C=O) groups excluding carboxylic acids is 2. The summed E-state index contributed by atoms with van der Waals surface area (Å²) in [6.07, 6.45) is 4.83. The van der Waals surface area contributed by atoms with Gasteiger partial charge in [0.1, 0.15) is 4.32 Å². The molecule has 0 aromatic heterocycles. The highest BCUT2D eigenvalue weighted by Crippen LogP contribution is 2.32. The number of hydrogen-bond acceptors (Lipinski definition) is 5. The Labute approximate surface area is 221 Å². The number of rotatable bonds is 9. The molecule has 8 heteroatoms. The lowest BCUT2D eigenvalue weighted by Gasteiger charge is -2.26. The lowest BCUT2D eigenvalue weighted by molar-refractivity contribution is -0.134. The van der Waals surface area contributed by atoms with E-state index >= 15 is 0 Å². The molecule has 0 radical (unpaired) electrons. The van der Waals surface area contributed by atoms with Crippen LogP contribution < -0.4 is 0 Å². The molecule has 0 bridgehead atoms. The van der Waals surface area contributed by atoms with Gasteiger partial charge in [0.25, 0.3) is 5.91 Å². The third-order valence-corrected chi connectivity index (χ3v) is 7.74. The lowest BCUT2D eigenvalue weighted by atomic mass is 10.1. The number of amides is 2. The molecule has 0 N–H and O–H groups in total. The van der Waals surface area contributed by atoms with Gasteiger partial charge in [-0.15, -0.1) is 0 Å². The first-order chi connectivity index (χ1) is 16.9. The molecule has 0 spiro atoms. The first-order valence-corrected chi connectivity index (χ1v) is 13.4. The summed E-state index contributed by atoms with van der Waals surface area (Å²) >= 11 is 12.8. The number of thioether (sulfide) groups is 1. The van der Waals surface area contributed by atoms with Crippen molar-refractivity contribution >= 4 is 57.8 Å². The second-order valence-corrected chi connectivity index (χ2v) is 11.0. The van der Waals surface area contributed by atoms with Gasteiger partial charge in [-0.1, -0.05) is 77.5 Å². The molecule has 184 valence electrons. The molecule has 2 saturated heterocycles. The van der Waals surface area contributed by atoms with Gasteiger partial charge in [0.2, 0.25) is 5.91 Å². The van der Waals surface area contributed by atoms with E-state index in [-0.39, 0.29) is 17.9 Å². The smallest absolute Gasteiger partial charge is 0.266 e. The maximum atomic E-state index is 13.2. The van der Waals surface area contributed by atoms with Gasteiger partial charge in [-0.3, -0.25) is 14.5 Å². The fourth-order valence-electron chi connectivity index (χ4n) is 4.15. The van der Waals surface area contributed by atoms with E-state index in [2.05, 4.69) is 0 Å². The Morgan fingerprint density at radius 2 is 1.97 bits per heavy atom. The summed E-state index contributed by atoms with van der Waals surface area (Å²) in [5, 5.41) is 0.672. The van der Waals surface area contributed by atoms with E-state index in [0.29, 0.717) is 46.7 Å². The van der Waals surface area contributed by atoms with Crippen molar-refractivity contribution in [2.45, 2.75) is 45.3 Å². The molecule has 0 aliphatic carbocycles. The van der Waals surface area contributed by atoms with E-state index in [4.69, 9.17) is 28.6 Å². The van der Waals surface area contributed by atoms with Crippen LogP contribution in [-0.4, -0.2) is 51.7 Å². The topological polar surface area (TPSA) is 49.9 Å². The fourth-order valence-corrected chi connectivity index (χ4v) is 5.59. The SMILES string of the molecule is Cc1ccc(/C=C2\SC(=S)N(CCCC(=O)N(Cc3ccc(Cl)cc3)CC3CCCO3)C2=O)cc1. The zero-order valence-electron chi connectivity index (χ0n) is 19.7. The van der Waals surface area contributed by atoms with Crippen LogP contribution in [0.15, 0.2) is 53.4 Å². The predicted molar refractivity (Wildman–Crippen MR) is 146 cm³/mol. The van der Waals surface area contributed by atoms with Gasteiger partial charge < -0.3 is 9.64 Å². The highest BCUT2D eigenvalue weighted by molar-refractivity contribution is 8.26. The third-order valence-electron chi connectivity index (χ3n) is 6.11. The fraction of sp³-hybridized carbons (Fsp3) is 0.370. The van der Waals surface area contributed by atoms with Crippen LogP contribution in [0.1, 0.15) is 42.4 Å². The maximum Gasteiger partial charge on any atom is 0.266 e. The van der Waals surface area contributed by atoms with E-state index < -0.39 is 0 Å². The number of ether oxygens (including phenoxy) is 1. The quantitative estimate of drug-likeness (QED) is 0.302. The van der Waals surface area contributed by atoms with Gasteiger partial charge in [-0.2, -0.15) is 0 Å².